The third-order valence-corrected chi connectivity index (χ3v) is 5.62. The van der Waals surface area contributed by atoms with Crippen molar-refractivity contribution in [2.75, 3.05) is 6.79 Å². The Morgan fingerprint density at radius 2 is 1.96 bits per heavy atom. The van der Waals surface area contributed by atoms with Gasteiger partial charge in [0.2, 0.25) is 0 Å². The van der Waals surface area contributed by atoms with E-state index in [9.17, 15) is 10.1 Å². The monoisotopic (exact) mass is 343 g/mol. The molecule has 5 heteroatoms. The fourth-order valence-electron chi connectivity index (χ4n) is 3.96. The van der Waals surface area contributed by atoms with Gasteiger partial charge in [-0.05, 0) is 56.2 Å². The van der Waals surface area contributed by atoms with E-state index in [1.165, 1.54) is 12.8 Å². The van der Waals surface area contributed by atoms with Crippen LogP contribution in [-0.4, -0.2) is 24.0 Å². The molecule has 2 fully saturated rings. The number of nitrogens with zero attached hydrogens (tertiary/aromatic N) is 1. The maximum Gasteiger partial charge on any atom is 0.306 e. The molecule has 0 amide bonds. The first kappa shape index (κ1) is 17.8. The summed E-state index contributed by atoms with van der Waals surface area (Å²) < 4.78 is 11.5. The Hall–Kier alpha value is -2.06. The van der Waals surface area contributed by atoms with Crippen LogP contribution in [0.1, 0.15) is 56.9 Å². The lowest BCUT2D eigenvalue weighted by molar-refractivity contribution is -0.143. The number of hydrogen-bond donors (Lipinski definition) is 1. The quantitative estimate of drug-likeness (QED) is 0.789. The molecule has 5 nitrogen and oxygen atoms in total. The van der Waals surface area contributed by atoms with Crippen LogP contribution in [0.3, 0.4) is 0 Å². The first-order valence-corrected chi connectivity index (χ1v) is 9.12. The zero-order valence-electron chi connectivity index (χ0n) is 14.4. The Labute approximate surface area is 148 Å². The van der Waals surface area contributed by atoms with Crippen LogP contribution in [0.25, 0.3) is 0 Å². The van der Waals surface area contributed by atoms with E-state index in [2.05, 4.69) is 6.07 Å². The maximum atomic E-state index is 11.2. The van der Waals surface area contributed by atoms with Crippen LogP contribution >= 0.6 is 0 Å². The predicted octanol–water partition coefficient (Wildman–Crippen LogP) is 4.02. The summed E-state index contributed by atoms with van der Waals surface area (Å²) in [6, 6.07) is 10.0. The molecule has 0 aromatic heterocycles. The highest BCUT2D eigenvalue weighted by molar-refractivity contribution is 5.70. The third-order valence-electron chi connectivity index (χ3n) is 5.62. The first-order valence-electron chi connectivity index (χ1n) is 9.12. The lowest BCUT2D eigenvalue weighted by Crippen LogP contribution is -2.32. The smallest absolute Gasteiger partial charge is 0.306 e. The third kappa shape index (κ3) is 4.13. The highest BCUT2D eigenvalue weighted by Gasteiger charge is 2.39. The molecule has 0 spiro atoms. The SMILES string of the molecule is N#CC1(c2cccc(OCOC3CCCC3)c2)CCC(C(=O)O)CC1. The normalized spacial score (nSPS) is 26.9. The van der Waals surface area contributed by atoms with E-state index in [1.54, 1.807) is 0 Å². The van der Waals surface area contributed by atoms with E-state index in [-0.39, 0.29) is 12.7 Å². The highest BCUT2D eigenvalue weighted by atomic mass is 16.7. The number of carbonyl (C=O) groups is 1. The van der Waals surface area contributed by atoms with Crippen LogP contribution in [0, 0.1) is 17.2 Å². The van der Waals surface area contributed by atoms with Crippen LogP contribution in [-0.2, 0) is 14.9 Å². The van der Waals surface area contributed by atoms with Gasteiger partial charge in [0.25, 0.3) is 0 Å². The molecule has 1 N–H and O–H groups in total. The van der Waals surface area contributed by atoms with Gasteiger partial charge in [0, 0.05) is 0 Å². The van der Waals surface area contributed by atoms with Gasteiger partial charge in [0.1, 0.15) is 5.75 Å². The molecule has 2 saturated carbocycles. The summed E-state index contributed by atoms with van der Waals surface area (Å²) in [5, 5.41) is 18.9. The van der Waals surface area contributed by atoms with Crippen molar-refractivity contribution in [3.05, 3.63) is 29.8 Å². The fourth-order valence-corrected chi connectivity index (χ4v) is 3.96. The van der Waals surface area contributed by atoms with Crippen molar-refractivity contribution in [1.82, 2.24) is 0 Å². The van der Waals surface area contributed by atoms with Gasteiger partial charge < -0.3 is 14.6 Å². The van der Waals surface area contributed by atoms with E-state index in [1.807, 2.05) is 24.3 Å². The number of carboxylic acid groups (broad SMARTS) is 1. The molecule has 1 aromatic rings. The summed E-state index contributed by atoms with van der Waals surface area (Å²) in [5.74, 6) is -0.390. The zero-order chi connectivity index (χ0) is 17.7. The molecule has 134 valence electrons. The van der Waals surface area contributed by atoms with Crippen molar-refractivity contribution < 1.29 is 19.4 Å². The standard InChI is InChI=1S/C20H25NO4/c21-13-20(10-8-15(9-11-20)19(22)23)16-4-3-7-18(12-16)25-14-24-17-5-1-2-6-17/h3-4,7,12,15,17H,1-2,5-6,8-11,14H2,(H,22,23). The molecule has 0 atom stereocenters. The van der Waals surface area contributed by atoms with Gasteiger partial charge in [-0.1, -0.05) is 25.0 Å². The minimum Gasteiger partial charge on any atom is -0.481 e. The number of ether oxygens (including phenoxy) is 2. The summed E-state index contributed by atoms with van der Waals surface area (Å²) >= 11 is 0. The zero-order valence-corrected chi connectivity index (χ0v) is 14.4. The number of carboxylic acids is 1. The molecule has 0 aliphatic heterocycles. The number of hydrogen-bond acceptors (Lipinski definition) is 4. The van der Waals surface area contributed by atoms with Crippen molar-refractivity contribution >= 4 is 5.97 Å². The molecule has 2 aliphatic carbocycles. The minimum absolute atomic E-state index is 0.231. The number of aliphatic carboxylic acids is 1. The number of benzene rings is 1. The fraction of sp³-hybridized carbons (Fsp3) is 0.600. The molecule has 0 heterocycles. The van der Waals surface area contributed by atoms with Gasteiger partial charge in [0.05, 0.1) is 23.5 Å². The molecular weight excluding hydrogens is 318 g/mol. The van der Waals surface area contributed by atoms with E-state index in [0.717, 1.165) is 18.4 Å². The molecular formula is C20H25NO4. The summed E-state index contributed by atoms with van der Waals surface area (Å²) in [6.45, 7) is 0.231. The van der Waals surface area contributed by atoms with Crippen LogP contribution in [0.15, 0.2) is 24.3 Å². The van der Waals surface area contributed by atoms with Gasteiger partial charge in [-0.15, -0.1) is 0 Å². The molecule has 0 unspecified atom stereocenters. The van der Waals surface area contributed by atoms with Crippen LogP contribution < -0.4 is 4.74 Å². The second kappa shape index (κ2) is 7.88. The van der Waals surface area contributed by atoms with Gasteiger partial charge in [0.15, 0.2) is 6.79 Å². The molecule has 0 bridgehead atoms. The Morgan fingerprint density at radius 3 is 2.60 bits per heavy atom. The van der Waals surface area contributed by atoms with Crippen molar-refractivity contribution in [3.63, 3.8) is 0 Å². The molecule has 0 saturated heterocycles. The summed E-state index contributed by atoms with van der Waals surface area (Å²) in [4.78, 5) is 11.2. The Balaban J connectivity index is 1.63. The Bertz CT molecular complexity index is 637. The molecule has 25 heavy (non-hydrogen) atoms. The van der Waals surface area contributed by atoms with Crippen molar-refractivity contribution in [2.45, 2.75) is 62.9 Å². The highest BCUT2D eigenvalue weighted by Crippen LogP contribution is 2.42. The van der Waals surface area contributed by atoms with E-state index >= 15 is 0 Å². The number of nitriles is 1. The molecule has 1 aromatic carbocycles. The van der Waals surface area contributed by atoms with Crippen molar-refractivity contribution in [3.8, 4) is 11.8 Å². The van der Waals surface area contributed by atoms with Crippen LogP contribution in [0.4, 0.5) is 0 Å². The minimum atomic E-state index is -0.757. The predicted molar refractivity (Wildman–Crippen MR) is 92.2 cm³/mol. The van der Waals surface area contributed by atoms with Gasteiger partial charge in [-0.2, -0.15) is 5.26 Å². The summed E-state index contributed by atoms with van der Waals surface area (Å²) in [5.41, 5.74) is 0.301. The lowest BCUT2D eigenvalue weighted by atomic mass is 9.67. The van der Waals surface area contributed by atoms with Crippen LogP contribution in [0.2, 0.25) is 0 Å². The topological polar surface area (TPSA) is 79.5 Å². The average Bonchev–Trinajstić information content (AvgIpc) is 3.15. The Morgan fingerprint density at radius 1 is 1.24 bits per heavy atom. The molecule has 3 rings (SSSR count). The first-order chi connectivity index (χ1) is 12.1. The van der Waals surface area contributed by atoms with Gasteiger partial charge >= 0.3 is 5.97 Å². The Kier molecular flexibility index (Phi) is 5.60. The molecule has 2 aliphatic rings. The second-order valence-electron chi connectivity index (χ2n) is 7.17. The number of rotatable bonds is 6. The largest absolute Gasteiger partial charge is 0.481 e. The molecule has 0 radical (unpaired) electrons. The second-order valence-corrected chi connectivity index (χ2v) is 7.17. The van der Waals surface area contributed by atoms with Gasteiger partial charge in [-0.3, -0.25) is 4.79 Å². The summed E-state index contributed by atoms with van der Waals surface area (Å²) in [7, 11) is 0. The summed E-state index contributed by atoms with van der Waals surface area (Å²) in [6.07, 6.45) is 7.18. The lowest BCUT2D eigenvalue weighted by Gasteiger charge is -2.34. The van der Waals surface area contributed by atoms with Crippen molar-refractivity contribution in [1.29, 1.82) is 5.26 Å². The van der Waals surface area contributed by atoms with Crippen LogP contribution in [0.5, 0.6) is 5.75 Å². The van der Waals surface area contributed by atoms with Gasteiger partial charge in [-0.25, -0.2) is 0 Å². The maximum absolute atomic E-state index is 11.2. The average molecular weight is 343 g/mol. The van der Waals surface area contributed by atoms with E-state index in [0.29, 0.717) is 37.5 Å². The van der Waals surface area contributed by atoms with Crippen molar-refractivity contribution in [2.24, 2.45) is 5.92 Å². The van der Waals surface area contributed by atoms with E-state index in [4.69, 9.17) is 14.6 Å². The van der Waals surface area contributed by atoms with E-state index < -0.39 is 11.4 Å².